The summed E-state index contributed by atoms with van der Waals surface area (Å²) in [6.45, 7) is 1.43. The van der Waals surface area contributed by atoms with Gasteiger partial charge in [-0.05, 0) is 42.3 Å². The van der Waals surface area contributed by atoms with Gasteiger partial charge >= 0.3 is 5.97 Å². The number of anilines is 1. The highest BCUT2D eigenvalue weighted by Crippen LogP contribution is 2.38. The van der Waals surface area contributed by atoms with Crippen LogP contribution in [0.1, 0.15) is 11.1 Å². The third-order valence-corrected chi connectivity index (χ3v) is 4.15. The third-order valence-electron chi connectivity index (χ3n) is 3.91. The van der Waals surface area contributed by atoms with Crippen molar-refractivity contribution in [2.45, 2.75) is 13.3 Å². The molecule has 28 heavy (non-hydrogen) atoms. The van der Waals surface area contributed by atoms with Gasteiger partial charge in [-0.25, -0.2) is 0 Å². The quantitative estimate of drug-likeness (QED) is 0.675. The molecule has 1 amide bonds. The first-order valence-corrected chi connectivity index (χ1v) is 8.76. The van der Waals surface area contributed by atoms with Crippen molar-refractivity contribution in [1.29, 1.82) is 0 Å². The Labute approximate surface area is 168 Å². The van der Waals surface area contributed by atoms with Gasteiger partial charge in [0.1, 0.15) is 0 Å². The molecule has 1 N–H and O–H groups in total. The van der Waals surface area contributed by atoms with Gasteiger partial charge in [-0.15, -0.1) is 0 Å². The Hall–Kier alpha value is -2.93. The molecular weight excluding hydrogens is 386 g/mol. The number of esters is 1. The highest BCUT2D eigenvalue weighted by atomic mass is 35.5. The zero-order chi connectivity index (χ0) is 20.7. The van der Waals surface area contributed by atoms with Crippen molar-refractivity contribution in [3.8, 4) is 17.2 Å². The number of hydrogen-bond donors (Lipinski definition) is 1. The van der Waals surface area contributed by atoms with Crippen LogP contribution in [-0.4, -0.2) is 39.8 Å². The largest absolute Gasteiger partial charge is 0.493 e. The molecule has 2 rings (SSSR count). The number of nitrogens with one attached hydrogen (secondary N) is 1. The Morgan fingerprint density at radius 3 is 2.21 bits per heavy atom. The second-order valence-corrected chi connectivity index (χ2v) is 6.31. The van der Waals surface area contributed by atoms with Crippen LogP contribution in [0.5, 0.6) is 17.2 Å². The number of methoxy groups -OCH3 is 3. The Bertz CT molecular complexity index is 843. The number of carbonyl (C=O) groups excluding carboxylic acids is 2. The molecule has 150 valence electrons. The number of benzene rings is 2. The molecule has 0 unspecified atom stereocenters. The second-order valence-electron chi connectivity index (χ2n) is 5.88. The molecule has 0 aliphatic carbocycles. The van der Waals surface area contributed by atoms with E-state index < -0.39 is 18.5 Å². The SMILES string of the molecule is COc1cc(CC(=O)OCC(=O)Nc2cc(Cl)ccc2C)cc(OC)c1OC. The number of ether oxygens (including phenoxy) is 4. The monoisotopic (exact) mass is 407 g/mol. The molecule has 0 saturated carbocycles. The van der Waals surface area contributed by atoms with Gasteiger partial charge in [-0.3, -0.25) is 9.59 Å². The summed E-state index contributed by atoms with van der Waals surface area (Å²) in [5, 5.41) is 3.16. The van der Waals surface area contributed by atoms with Crippen molar-refractivity contribution >= 4 is 29.2 Å². The summed E-state index contributed by atoms with van der Waals surface area (Å²) in [5.74, 6) is 0.270. The predicted octanol–water partition coefficient (Wildman–Crippen LogP) is 3.40. The highest BCUT2D eigenvalue weighted by Gasteiger charge is 2.16. The fraction of sp³-hybridized carbons (Fsp3) is 0.300. The maximum atomic E-state index is 12.1. The van der Waals surface area contributed by atoms with Crippen LogP contribution in [-0.2, 0) is 20.7 Å². The summed E-state index contributed by atoms with van der Waals surface area (Å²) in [7, 11) is 4.47. The van der Waals surface area contributed by atoms with Crippen LogP contribution in [0.3, 0.4) is 0 Å². The van der Waals surface area contributed by atoms with Crippen molar-refractivity contribution in [3.63, 3.8) is 0 Å². The first-order chi connectivity index (χ1) is 13.4. The molecular formula is C20H22ClNO6. The zero-order valence-electron chi connectivity index (χ0n) is 16.1. The lowest BCUT2D eigenvalue weighted by molar-refractivity contribution is -0.146. The Morgan fingerprint density at radius 2 is 1.64 bits per heavy atom. The Kier molecular flexibility index (Phi) is 7.52. The van der Waals surface area contributed by atoms with Crippen LogP contribution >= 0.6 is 11.6 Å². The lowest BCUT2D eigenvalue weighted by Crippen LogP contribution is -2.22. The van der Waals surface area contributed by atoms with Crippen molar-refractivity contribution in [2.24, 2.45) is 0 Å². The average Bonchev–Trinajstić information content (AvgIpc) is 2.68. The Balaban J connectivity index is 1.97. The molecule has 2 aromatic carbocycles. The van der Waals surface area contributed by atoms with Gasteiger partial charge in [0.25, 0.3) is 5.91 Å². The van der Waals surface area contributed by atoms with E-state index in [4.69, 9.17) is 30.5 Å². The van der Waals surface area contributed by atoms with Gasteiger partial charge in [0.2, 0.25) is 5.75 Å². The van der Waals surface area contributed by atoms with Gasteiger partial charge in [0, 0.05) is 10.7 Å². The van der Waals surface area contributed by atoms with Crippen molar-refractivity contribution in [1.82, 2.24) is 0 Å². The van der Waals surface area contributed by atoms with E-state index in [2.05, 4.69) is 5.32 Å². The minimum Gasteiger partial charge on any atom is -0.493 e. The summed E-state index contributed by atoms with van der Waals surface area (Å²) in [5.41, 5.74) is 2.02. The van der Waals surface area contributed by atoms with Crippen molar-refractivity contribution in [3.05, 3.63) is 46.5 Å². The smallest absolute Gasteiger partial charge is 0.310 e. The molecule has 0 aliphatic heterocycles. The lowest BCUT2D eigenvalue weighted by Gasteiger charge is -2.14. The molecule has 0 radical (unpaired) electrons. The summed E-state index contributed by atoms with van der Waals surface area (Å²) in [4.78, 5) is 24.1. The van der Waals surface area contributed by atoms with Gasteiger partial charge in [0.15, 0.2) is 18.1 Å². The van der Waals surface area contributed by atoms with Crippen LogP contribution < -0.4 is 19.5 Å². The van der Waals surface area contributed by atoms with Crippen LogP contribution in [0.15, 0.2) is 30.3 Å². The molecule has 0 aromatic heterocycles. The molecule has 0 saturated heterocycles. The number of halogens is 1. The van der Waals surface area contributed by atoms with E-state index in [1.54, 1.807) is 30.3 Å². The number of rotatable bonds is 8. The van der Waals surface area contributed by atoms with Crippen LogP contribution in [0.4, 0.5) is 5.69 Å². The van der Waals surface area contributed by atoms with E-state index in [9.17, 15) is 9.59 Å². The predicted molar refractivity (Wildman–Crippen MR) is 106 cm³/mol. The average molecular weight is 408 g/mol. The van der Waals surface area contributed by atoms with Gasteiger partial charge in [0.05, 0.1) is 27.8 Å². The molecule has 0 aliphatic rings. The molecule has 0 fully saturated rings. The minimum absolute atomic E-state index is 0.0554. The first kappa shape index (κ1) is 21.4. The van der Waals surface area contributed by atoms with Crippen molar-refractivity contribution in [2.75, 3.05) is 33.3 Å². The summed E-state index contributed by atoms with van der Waals surface area (Å²) >= 11 is 5.92. The Morgan fingerprint density at radius 1 is 1.00 bits per heavy atom. The highest BCUT2D eigenvalue weighted by molar-refractivity contribution is 6.31. The molecule has 0 bridgehead atoms. The van der Waals surface area contributed by atoms with Crippen LogP contribution in [0.2, 0.25) is 5.02 Å². The fourth-order valence-corrected chi connectivity index (χ4v) is 2.69. The topological polar surface area (TPSA) is 83.1 Å². The second kappa shape index (κ2) is 9.85. The van der Waals surface area contributed by atoms with Gasteiger partial charge in [-0.1, -0.05) is 17.7 Å². The molecule has 7 nitrogen and oxygen atoms in total. The zero-order valence-corrected chi connectivity index (χ0v) is 16.9. The van der Waals surface area contributed by atoms with E-state index in [1.807, 2.05) is 6.92 Å². The number of hydrogen-bond acceptors (Lipinski definition) is 6. The maximum Gasteiger partial charge on any atom is 0.310 e. The van der Waals surface area contributed by atoms with E-state index in [1.165, 1.54) is 21.3 Å². The number of carbonyl (C=O) groups is 2. The van der Waals surface area contributed by atoms with Crippen molar-refractivity contribution < 1.29 is 28.5 Å². The number of aryl methyl sites for hydroxylation is 1. The van der Waals surface area contributed by atoms with Crippen LogP contribution in [0, 0.1) is 6.92 Å². The van der Waals surface area contributed by atoms with E-state index in [0.717, 1.165) is 5.56 Å². The van der Waals surface area contributed by atoms with E-state index in [0.29, 0.717) is 33.5 Å². The van der Waals surface area contributed by atoms with E-state index >= 15 is 0 Å². The number of amides is 1. The minimum atomic E-state index is -0.563. The van der Waals surface area contributed by atoms with Gasteiger partial charge in [-0.2, -0.15) is 0 Å². The maximum absolute atomic E-state index is 12.1. The van der Waals surface area contributed by atoms with Crippen LogP contribution in [0.25, 0.3) is 0 Å². The molecule has 0 heterocycles. The normalized spacial score (nSPS) is 10.2. The van der Waals surface area contributed by atoms with Gasteiger partial charge < -0.3 is 24.3 Å². The molecule has 2 aromatic rings. The molecule has 8 heteroatoms. The lowest BCUT2D eigenvalue weighted by atomic mass is 10.1. The summed E-state index contributed by atoms with van der Waals surface area (Å²) < 4.78 is 20.8. The third kappa shape index (κ3) is 5.53. The van der Waals surface area contributed by atoms with E-state index in [-0.39, 0.29) is 6.42 Å². The first-order valence-electron chi connectivity index (χ1n) is 8.38. The molecule has 0 atom stereocenters. The standard InChI is InChI=1S/C20H22ClNO6/c1-12-5-6-14(21)10-15(12)22-18(23)11-28-19(24)9-13-7-16(25-2)20(27-4)17(8-13)26-3/h5-8,10H,9,11H2,1-4H3,(H,22,23). The summed E-state index contributed by atoms with van der Waals surface area (Å²) in [6, 6.07) is 8.45. The molecule has 0 spiro atoms. The summed E-state index contributed by atoms with van der Waals surface area (Å²) in [6.07, 6.45) is -0.0554. The fourth-order valence-electron chi connectivity index (χ4n) is 2.52.